The lowest BCUT2D eigenvalue weighted by Gasteiger charge is -2.36. The molecule has 2 aromatic rings. The second-order valence-corrected chi connectivity index (χ2v) is 5.42. The van der Waals surface area contributed by atoms with Crippen LogP contribution in [0.3, 0.4) is 0 Å². The zero-order valence-electron chi connectivity index (χ0n) is 12.0. The number of para-hydroxylation sites is 1. The lowest BCUT2D eigenvalue weighted by atomic mass is 9.96. The Bertz CT molecular complexity index is 650. The highest BCUT2D eigenvalue weighted by Crippen LogP contribution is 2.31. The Labute approximate surface area is 123 Å². The summed E-state index contributed by atoms with van der Waals surface area (Å²) in [6.45, 7) is 2.86. The fourth-order valence-electron chi connectivity index (χ4n) is 2.83. The highest BCUT2D eigenvalue weighted by Gasteiger charge is 2.23. The van der Waals surface area contributed by atoms with E-state index in [1.807, 2.05) is 0 Å². The van der Waals surface area contributed by atoms with Crippen molar-refractivity contribution in [2.24, 2.45) is 5.84 Å². The van der Waals surface area contributed by atoms with Crippen molar-refractivity contribution in [1.82, 2.24) is 5.43 Å². The van der Waals surface area contributed by atoms with E-state index in [-0.39, 0.29) is 5.91 Å². The number of fused-ring (bicyclic) bond motifs is 1. The number of hydrogen-bond donors (Lipinski definition) is 2. The molecule has 0 saturated carbocycles. The van der Waals surface area contributed by atoms with Gasteiger partial charge in [-0.1, -0.05) is 18.2 Å². The molecule has 21 heavy (non-hydrogen) atoms. The number of hydrazine groups is 1. The molecule has 3 rings (SSSR count). The van der Waals surface area contributed by atoms with Gasteiger partial charge in [0.1, 0.15) is 12.0 Å². The molecular formula is C16H19N3O2. The summed E-state index contributed by atoms with van der Waals surface area (Å²) in [6, 6.07) is 10.6. The maximum absolute atomic E-state index is 11.5. The maximum Gasteiger partial charge on any atom is 0.268 e. The van der Waals surface area contributed by atoms with Crippen LogP contribution in [0.1, 0.15) is 35.0 Å². The third-order valence-electron chi connectivity index (χ3n) is 4.04. The predicted octanol–water partition coefficient (Wildman–Crippen LogP) is 2.22. The normalized spacial score (nSPS) is 17.4. The molecule has 1 atom stereocenters. The Hall–Kier alpha value is -2.27. The lowest BCUT2D eigenvalue weighted by Crippen LogP contribution is -2.36. The first-order valence-electron chi connectivity index (χ1n) is 7.12. The van der Waals surface area contributed by atoms with Crippen molar-refractivity contribution < 1.29 is 9.21 Å². The SMILES string of the molecule is CC1CCc2ccccc2N1Cc1cc(C(=O)NN)co1. The topological polar surface area (TPSA) is 71.5 Å². The van der Waals surface area contributed by atoms with Gasteiger partial charge in [0.15, 0.2) is 0 Å². The molecule has 2 heterocycles. The zero-order chi connectivity index (χ0) is 14.8. The van der Waals surface area contributed by atoms with Gasteiger partial charge >= 0.3 is 0 Å². The first kappa shape index (κ1) is 13.7. The van der Waals surface area contributed by atoms with Crippen LogP contribution in [-0.2, 0) is 13.0 Å². The first-order valence-corrected chi connectivity index (χ1v) is 7.12. The zero-order valence-corrected chi connectivity index (χ0v) is 12.0. The van der Waals surface area contributed by atoms with Crippen LogP contribution in [-0.4, -0.2) is 11.9 Å². The van der Waals surface area contributed by atoms with Crippen LogP contribution < -0.4 is 16.2 Å². The summed E-state index contributed by atoms with van der Waals surface area (Å²) in [4.78, 5) is 13.8. The summed E-state index contributed by atoms with van der Waals surface area (Å²) in [5.74, 6) is 5.56. The minimum Gasteiger partial charge on any atom is -0.467 e. The molecule has 0 radical (unpaired) electrons. The molecule has 0 spiro atoms. The molecule has 1 aliphatic rings. The van der Waals surface area contributed by atoms with Crippen molar-refractivity contribution in [3.63, 3.8) is 0 Å². The van der Waals surface area contributed by atoms with Crippen LogP contribution in [0.4, 0.5) is 5.69 Å². The van der Waals surface area contributed by atoms with E-state index >= 15 is 0 Å². The number of carbonyl (C=O) groups is 1. The number of nitrogens with two attached hydrogens (primary N) is 1. The van der Waals surface area contributed by atoms with Gasteiger partial charge in [-0.05, 0) is 37.5 Å². The fraction of sp³-hybridized carbons (Fsp3) is 0.312. The number of anilines is 1. The quantitative estimate of drug-likeness (QED) is 0.515. The molecule has 110 valence electrons. The number of aryl methyl sites for hydroxylation is 1. The Kier molecular flexibility index (Phi) is 3.66. The minimum atomic E-state index is -0.336. The number of nitrogens with one attached hydrogen (secondary N) is 1. The predicted molar refractivity (Wildman–Crippen MR) is 80.8 cm³/mol. The van der Waals surface area contributed by atoms with E-state index in [2.05, 4.69) is 41.5 Å². The molecule has 1 aliphatic heterocycles. The number of amides is 1. The van der Waals surface area contributed by atoms with Crippen molar-refractivity contribution >= 4 is 11.6 Å². The molecule has 1 aromatic carbocycles. The summed E-state index contributed by atoms with van der Waals surface area (Å²) < 4.78 is 5.50. The number of carbonyl (C=O) groups excluding carboxylic acids is 1. The smallest absolute Gasteiger partial charge is 0.268 e. The van der Waals surface area contributed by atoms with E-state index < -0.39 is 0 Å². The van der Waals surface area contributed by atoms with E-state index in [1.54, 1.807) is 6.07 Å². The number of nitrogen functional groups attached to an aromatic ring is 1. The molecule has 0 fully saturated rings. The van der Waals surface area contributed by atoms with Gasteiger partial charge in [0, 0.05) is 11.7 Å². The first-order chi connectivity index (χ1) is 10.2. The molecule has 0 saturated heterocycles. The van der Waals surface area contributed by atoms with Gasteiger partial charge in [-0.2, -0.15) is 0 Å². The summed E-state index contributed by atoms with van der Waals surface area (Å²) in [6.07, 6.45) is 3.67. The molecule has 0 aliphatic carbocycles. The van der Waals surface area contributed by atoms with Gasteiger partial charge in [0.2, 0.25) is 0 Å². The second-order valence-electron chi connectivity index (χ2n) is 5.42. The number of benzene rings is 1. The lowest BCUT2D eigenvalue weighted by molar-refractivity contribution is 0.0953. The van der Waals surface area contributed by atoms with Crippen molar-refractivity contribution in [2.45, 2.75) is 32.4 Å². The van der Waals surface area contributed by atoms with Crippen molar-refractivity contribution in [3.05, 3.63) is 53.5 Å². The van der Waals surface area contributed by atoms with Crippen molar-refractivity contribution in [1.29, 1.82) is 0 Å². The van der Waals surface area contributed by atoms with Crippen LogP contribution in [0.2, 0.25) is 0 Å². The molecule has 0 bridgehead atoms. The summed E-state index contributed by atoms with van der Waals surface area (Å²) in [7, 11) is 0. The maximum atomic E-state index is 11.5. The number of rotatable bonds is 3. The summed E-state index contributed by atoms with van der Waals surface area (Å²) >= 11 is 0. The second kappa shape index (κ2) is 5.61. The highest BCUT2D eigenvalue weighted by atomic mass is 16.3. The van der Waals surface area contributed by atoms with E-state index in [0.717, 1.165) is 18.6 Å². The van der Waals surface area contributed by atoms with E-state index in [9.17, 15) is 4.79 Å². The molecule has 1 unspecified atom stereocenters. The van der Waals surface area contributed by atoms with Crippen LogP contribution in [0.15, 0.2) is 41.0 Å². The third-order valence-corrected chi connectivity index (χ3v) is 4.04. The third kappa shape index (κ3) is 2.64. The Morgan fingerprint density at radius 2 is 2.29 bits per heavy atom. The highest BCUT2D eigenvalue weighted by molar-refractivity contribution is 5.93. The van der Waals surface area contributed by atoms with Gasteiger partial charge in [-0.15, -0.1) is 0 Å². The van der Waals surface area contributed by atoms with Gasteiger partial charge in [0.05, 0.1) is 12.1 Å². The van der Waals surface area contributed by atoms with Crippen LogP contribution >= 0.6 is 0 Å². The van der Waals surface area contributed by atoms with E-state index in [0.29, 0.717) is 18.2 Å². The largest absolute Gasteiger partial charge is 0.467 e. The fourth-order valence-corrected chi connectivity index (χ4v) is 2.83. The molecule has 5 nitrogen and oxygen atoms in total. The van der Waals surface area contributed by atoms with Crippen molar-refractivity contribution in [3.8, 4) is 0 Å². The van der Waals surface area contributed by atoms with Crippen LogP contribution in [0.25, 0.3) is 0 Å². The minimum absolute atomic E-state index is 0.336. The molecule has 3 N–H and O–H groups in total. The Morgan fingerprint density at radius 1 is 1.48 bits per heavy atom. The average molecular weight is 285 g/mol. The van der Waals surface area contributed by atoms with Crippen LogP contribution in [0, 0.1) is 0 Å². The van der Waals surface area contributed by atoms with Crippen molar-refractivity contribution in [2.75, 3.05) is 4.90 Å². The standard InChI is InChI=1S/C16H19N3O2/c1-11-6-7-12-4-2-3-5-15(12)19(11)9-14-8-13(10-21-14)16(20)18-17/h2-5,8,10-11H,6-7,9,17H2,1H3,(H,18,20). The van der Waals surface area contributed by atoms with Gasteiger partial charge < -0.3 is 9.32 Å². The van der Waals surface area contributed by atoms with Gasteiger partial charge in [0.25, 0.3) is 5.91 Å². The van der Waals surface area contributed by atoms with Gasteiger partial charge in [-0.3, -0.25) is 10.2 Å². The monoisotopic (exact) mass is 285 g/mol. The van der Waals surface area contributed by atoms with Gasteiger partial charge in [-0.25, -0.2) is 5.84 Å². The number of hydrogen-bond acceptors (Lipinski definition) is 4. The average Bonchev–Trinajstić information content (AvgIpc) is 2.98. The molecule has 5 heteroatoms. The number of furan rings is 1. The summed E-state index contributed by atoms with van der Waals surface area (Å²) in [5, 5.41) is 0. The Balaban J connectivity index is 1.84. The van der Waals surface area contributed by atoms with E-state index in [4.69, 9.17) is 10.3 Å². The Morgan fingerprint density at radius 3 is 3.10 bits per heavy atom. The molecule has 1 amide bonds. The van der Waals surface area contributed by atoms with E-state index in [1.165, 1.54) is 17.5 Å². The summed E-state index contributed by atoms with van der Waals surface area (Å²) in [5.41, 5.74) is 5.17. The molecule has 1 aromatic heterocycles. The number of nitrogens with zero attached hydrogens (tertiary/aromatic N) is 1. The molecular weight excluding hydrogens is 266 g/mol. The van der Waals surface area contributed by atoms with Crippen LogP contribution in [0.5, 0.6) is 0 Å².